The zero-order valence-corrected chi connectivity index (χ0v) is 8.03. The summed E-state index contributed by atoms with van der Waals surface area (Å²) in [6.07, 6.45) is 2.40. The van der Waals surface area contributed by atoms with Gasteiger partial charge in [0.25, 0.3) is 0 Å². The number of rotatable bonds is 2. The number of carbonyl (C=O) groups is 1. The fourth-order valence-electron chi connectivity index (χ4n) is 1.80. The second-order valence-corrected chi connectivity index (χ2v) is 3.43. The Morgan fingerprint density at radius 2 is 2.57 bits per heavy atom. The van der Waals surface area contributed by atoms with E-state index in [1.807, 2.05) is 12.1 Å². The van der Waals surface area contributed by atoms with E-state index < -0.39 is 0 Å². The first-order valence-electron chi connectivity index (χ1n) is 4.66. The lowest BCUT2D eigenvalue weighted by molar-refractivity contribution is -0.142. The highest BCUT2D eigenvalue weighted by Gasteiger charge is 2.32. The van der Waals surface area contributed by atoms with Crippen molar-refractivity contribution in [1.82, 2.24) is 5.32 Å². The molecule has 1 aliphatic rings. The molecular weight excluding hydrogens is 182 g/mol. The van der Waals surface area contributed by atoms with Gasteiger partial charge in [-0.2, -0.15) is 0 Å². The minimum absolute atomic E-state index is 0.185. The van der Waals surface area contributed by atoms with Crippen molar-refractivity contribution in [3.05, 3.63) is 24.2 Å². The Hall–Kier alpha value is -1.29. The summed E-state index contributed by atoms with van der Waals surface area (Å²) in [6.45, 7) is 0.771. The van der Waals surface area contributed by atoms with Crippen LogP contribution in [0.4, 0.5) is 0 Å². The Bertz CT molecular complexity index is 307. The number of nitrogens with one attached hydrogen (secondary N) is 1. The van der Waals surface area contributed by atoms with Crippen LogP contribution in [0.15, 0.2) is 22.8 Å². The molecule has 1 aromatic heterocycles. The van der Waals surface area contributed by atoms with Crippen molar-refractivity contribution < 1.29 is 13.9 Å². The first kappa shape index (κ1) is 9.27. The van der Waals surface area contributed by atoms with Gasteiger partial charge in [-0.1, -0.05) is 0 Å². The summed E-state index contributed by atoms with van der Waals surface area (Å²) in [4.78, 5) is 11.2. The molecule has 0 spiro atoms. The van der Waals surface area contributed by atoms with E-state index in [0.29, 0.717) is 0 Å². The molecule has 0 bridgehead atoms. The van der Waals surface area contributed by atoms with Crippen molar-refractivity contribution in [2.24, 2.45) is 0 Å². The Labute approximate surface area is 82.2 Å². The molecule has 4 heteroatoms. The van der Waals surface area contributed by atoms with Crippen LogP contribution < -0.4 is 5.32 Å². The molecule has 1 N–H and O–H groups in total. The summed E-state index contributed by atoms with van der Waals surface area (Å²) >= 11 is 0. The fourth-order valence-corrected chi connectivity index (χ4v) is 1.80. The summed E-state index contributed by atoms with van der Waals surface area (Å²) in [5.74, 6) is 1.03. The van der Waals surface area contributed by atoms with Crippen molar-refractivity contribution in [2.75, 3.05) is 13.7 Å². The van der Waals surface area contributed by atoms with Gasteiger partial charge in [0.05, 0.1) is 13.4 Å². The van der Waals surface area contributed by atoms with Crippen LogP contribution in [0, 0.1) is 0 Å². The molecular formula is C10H13NO3. The van der Waals surface area contributed by atoms with Gasteiger partial charge in [0, 0.05) is 12.5 Å². The van der Waals surface area contributed by atoms with E-state index in [4.69, 9.17) is 4.42 Å². The molecule has 0 saturated carbocycles. The molecule has 0 radical (unpaired) electrons. The highest BCUT2D eigenvalue weighted by Crippen LogP contribution is 2.26. The van der Waals surface area contributed by atoms with E-state index in [1.54, 1.807) is 6.26 Å². The van der Waals surface area contributed by atoms with E-state index >= 15 is 0 Å². The quantitative estimate of drug-likeness (QED) is 0.712. The molecule has 0 aliphatic carbocycles. The first-order valence-corrected chi connectivity index (χ1v) is 4.66. The topological polar surface area (TPSA) is 51.5 Å². The monoisotopic (exact) mass is 195 g/mol. The van der Waals surface area contributed by atoms with Crippen LogP contribution in [0.1, 0.15) is 18.1 Å². The Kier molecular flexibility index (Phi) is 2.54. The van der Waals surface area contributed by atoms with Gasteiger partial charge in [-0.3, -0.25) is 4.79 Å². The molecule has 2 atom stereocenters. The van der Waals surface area contributed by atoms with Crippen LogP contribution in [0.3, 0.4) is 0 Å². The van der Waals surface area contributed by atoms with Crippen LogP contribution >= 0.6 is 0 Å². The van der Waals surface area contributed by atoms with Crippen LogP contribution in [0.5, 0.6) is 0 Å². The third-order valence-electron chi connectivity index (χ3n) is 2.56. The predicted octanol–water partition coefficient (Wildman–Crippen LogP) is 0.898. The first-order chi connectivity index (χ1) is 6.81. The van der Waals surface area contributed by atoms with Gasteiger partial charge in [-0.25, -0.2) is 0 Å². The smallest absolute Gasteiger partial charge is 0.322 e. The van der Waals surface area contributed by atoms with Crippen molar-refractivity contribution in [3.63, 3.8) is 0 Å². The largest absolute Gasteiger partial charge is 0.469 e. The maximum absolute atomic E-state index is 11.2. The van der Waals surface area contributed by atoms with Crippen molar-refractivity contribution in [1.29, 1.82) is 0 Å². The van der Waals surface area contributed by atoms with Gasteiger partial charge in [-0.15, -0.1) is 0 Å². The Balaban J connectivity index is 1.98. The average Bonchev–Trinajstić information content (AvgIpc) is 2.86. The van der Waals surface area contributed by atoms with Gasteiger partial charge >= 0.3 is 5.97 Å². The minimum atomic E-state index is -0.195. The van der Waals surface area contributed by atoms with E-state index in [1.165, 1.54) is 7.11 Å². The molecule has 1 saturated heterocycles. The fraction of sp³-hybridized carbons (Fsp3) is 0.500. The van der Waals surface area contributed by atoms with Gasteiger partial charge in [0.15, 0.2) is 0 Å². The molecule has 4 nitrogen and oxygen atoms in total. The van der Waals surface area contributed by atoms with E-state index in [-0.39, 0.29) is 17.9 Å². The molecule has 0 aromatic carbocycles. The predicted molar refractivity (Wildman–Crippen MR) is 49.9 cm³/mol. The maximum Gasteiger partial charge on any atom is 0.322 e. The molecule has 2 rings (SSSR count). The minimum Gasteiger partial charge on any atom is -0.469 e. The number of ether oxygens (including phenoxy) is 1. The highest BCUT2D eigenvalue weighted by molar-refractivity contribution is 5.76. The second kappa shape index (κ2) is 3.84. The number of hydrogen-bond donors (Lipinski definition) is 1. The number of hydrogen-bond acceptors (Lipinski definition) is 4. The second-order valence-electron chi connectivity index (χ2n) is 3.43. The molecule has 1 fully saturated rings. The van der Waals surface area contributed by atoms with Crippen LogP contribution in [-0.4, -0.2) is 25.7 Å². The lowest BCUT2D eigenvalue weighted by Gasteiger charge is -2.06. The molecule has 1 aromatic rings. The molecule has 14 heavy (non-hydrogen) atoms. The molecule has 2 heterocycles. The Morgan fingerprint density at radius 3 is 3.21 bits per heavy atom. The van der Waals surface area contributed by atoms with Crippen LogP contribution in [0.25, 0.3) is 0 Å². The SMILES string of the molecule is COC(=O)C1CC(c2ccco2)CN1. The van der Waals surface area contributed by atoms with Crippen molar-refractivity contribution >= 4 is 5.97 Å². The van der Waals surface area contributed by atoms with E-state index in [9.17, 15) is 4.79 Å². The van der Waals surface area contributed by atoms with Gasteiger partial charge in [0.1, 0.15) is 11.8 Å². The lowest BCUT2D eigenvalue weighted by atomic mass is 10.0. The standard InChI is InChI=1S/C10H13NO3/c1-13-10(12)8-5-7(6-11-8)9-3-2-4-14-9/h2-4,7-8,11H,5-6H2,1H3. The molecule has 0 amide bonds. The van der Waals surface area contributed by atoms with Gasteiger partial charge < -0.3 is 14.5 Å². The summed E-state index contributed by atoms with van der Waals surface area (Å²) in [6, 6.07) is 3.61. The average molecular weight is 195 g/mol. The maximum atomic E-state index is 11.2. The van der Waals surface area contributed by atoms with Crippen molar-refractivity contribution in [2.45, 2.75) is 18.4 Å². The third kappa shape index (κ3) is 1.65. The zero-order valence-electron chi connectivity index (χ0n) is 8.03. The normalized spacial score (nSPS) is 26.4. The number of methoxy groups -OCH3 is 1. The van der Waals surface area contributed by atoms with E-state index in [2.05, 4.69) is 10.1 Å². The third-order valence-corrected chi connectivity index (χ3v) is 2.56. The summed E-state index contributed by atoms with van der Waals surface area (Å²) in [7, 11) is 1.41. The van der Waals surface area contributed by atoms with Crippen LogP contribution in [0.2, 0.25) is 0 Å². The summed E-state index contributed by atoms with van der Waals surface area (Å²) < 4.78 is 9.95. The zero-order chi connectivity index (χ0) is 9.97. The summed E-state index contributed by atoms with van der Waals surface area (Å²) in [5, 5.41) is 3.11. The summed E-state index contributed by atoms with van der Waals surface area (Å²) in [5.41, 5.74) is 0. The highest BCUT2D eigenvalue weighted by atomic mass is 16.5. The van der Waals surface area contributed by atoms with Gasteiger partial charge in [-0.05, 0) is 18.6 Å². The van der Waals surface area contributed by atoms with E-state index in [0.717, 1.165) is 18.7 Å². The molecule has 2 unspecified atom stereocenters. The molecule has 76 valence electrons. The Morgan fingerprint density at radius 1 is 1.71 bits per heavy atom. The number of esters is 1. The number of carbonyl (C=O) groups excluding carboxylic acids is 1. The molecule has 1 aliphatic heterocycles. The lowest BCUT2D eigenvalue weighted by Crippen LogP contribution is -2.31. The van der Waals surface area contributed by atoms with Crippen LogP contribution in [-0.2, 0) is 9.53 Å². The number of furan rings is 1. The van der Waals surface area contributed by atoms with Gasteiger partial charge in [0.2, 0.25) is 0 Å². The van der Waals surface area contributed by atoms with Crippen molar-refractivity contribution in [3.8, 4) is 0 Å².